The zero-order valence-electron chi connectivity index (χ0n) is 13.1. The highest BCUT2D eigenvalue weighted by Crippen LogP contribution is 2.33. The molecule has 0 bridgehead atoms. The van der Waals surface area contributed by atoms with Crippen LogP contribution in [0.25, 0.3) is 11.1 Å². The minimum absolute atomic E-state index is 0.408. The van der Waals surface area contributed by atoms with Crippen LogP contribution in [0, 0.1) is 0 Å². The van der Waals surface area contributed by atoms with Crippen molar-refractivity contribution in [3.8, 4) is 11.1 Å². The average Bonchev–Trinajstić information content (AvgIpc) is 2.61. The lowest BCUT2D eigenvalue weighted by Gasteiger charge is -2.09. The van der Waals surface area contributed by atoms with Crippen LogP contribution in [0.2, 0.25) is 10.0 Å². The van der Waals surface area contributed by atoms with Crippen LogP contribution >= 0.6 is 35.0 Å². The summed E-state index contributed by atoms with van der Waals surface area (Å²) in [6.45, 7) is 0. The Balaban J connectivity index is 1.75. The zero-order valence-corrected chi connectivity index (χ0v) is 15.4. The fourth-order valence-electron chi connectivity index (χ4n) is 2.22. The molecular formula is C18H11Cl2F3N2S. The molecule has 0 radical (unpaired) electrons. The maximum absolute atomic E-state index is 12.8. The first-order valence-corrected chi connectivity index (χ1v) is 9.14. The van der Waals surface area contributed by atoms with E-state index in [2.05, 4.69) is 9.97 Å². The second-order valence-corrected chi connectivity index (χ2v) is 7.08. The molecule has 2 aromatic carbocycles. The molecule has 0 aliphatic heterocycles. The van der Waals surface area contributed by atoms with Gasteiger partial charge in [-0.05, 0) is 35.4 Å². The smallest absolute Gasteiger partial charge is 0.230 e. The molecule has 26 heavy (non-hydrogen) atoms. The molecule has 0 saturated carbocycles. The molecule has 0 fully saturated rings. The van der Waals surface area contributed by atoms with Crippen molar-refractivity contribution in [3.63, 3.8) is 0 Å². The molecule has 3 aromatic rings. The maximum atomic E-state index is 12.8. The highest BCUT2D eigenvalue weighted by Gasteiger charge is 2.30. The fourth-order valence-corrected chi connectivity index (χ4v) is 3.75. The molecule has 0 aliphatic carbocycles. The normalized spacial score (nSPS) is 11.6. The molecule has 0 saturated heterocycles. The molecule has 0 amide bonds. The summed E-state index contributed by atoms with van der Waals surface area (Å²) in [5, 5.41) is 1.60. The van der Waals surface area contributed by atoms with E-state index in [1.54, 1.807) is 24.3 Å². The number of hydrogen-bond acceptors (Lipinski definition) is 3. The molecule has 1 heterocycles. The molecule has 0 N–H and O–H groups in total. The standard InChI is InChI=1S/C18H11Cl2F3N2S/c19-15-5-2-6-16(20)14(15)10-26-17-24-8-12(9-25-17)11-3-1-4-13(7-11)18(21,22)23/h1-9H,10H2. The van der Waals surface area contributed by atoms with Crippen molar-refractivity contribution in [1.29, 1.82) is 0 Å². The van der Waals surface area contributed by atoms with Crippen LogP contribution in [0.15, 0.2) is 60.0 Å². The van der Waals surface area contributed by atoms with Crippen molar-refractivity contribution in [1.82, 2.24) is 9.97 Å². The number of aromatic nitrogens is 2. The molecule has 0 aliphatic rings. The van der Waals surface area contributed by atoms with Crippen LogP contribution in [0.5, 0.6) is 0 Å². The largest absolute Gasteiger partial charge is 0.416 e. The zero-order chi connectivity index (χ0) is 18.7. The molecular weight excluding hydrogens is 404 g/mol. The summed E-state index contributed by atoms with van der Waals surface area (Å²) in [5.41, 5.74) is 0.995. The summed E-state index contributed by atoms with van der Waals surface area (Å²) in [7, 11) is 0. The van der Waals surface area contributed by atoms with Gasteiger partial charge in [-0.25, -0.2) is 9.97 Å². The summed E-state index contributed by atoms with van der Waals surface area (Å²) >= 11 is 13.6. The third kappa shape index (κ3) is 4.50. The Hall–Kier alpha value is -1.76. The highest BCUT2D eigenvalue weighted by molar-refractivity contribution is 7.98. The van der Waals surface area contributed by atoms with E-state index in [0.717, 1.165) is 17.7 Å². The monoisotopic (exact) mass is 414 g/mol. The second kappa shape index (κ2) is 7.86. The Labute approximate surface area is 162 Å². The van der Waals surface area contributed by atoms with Crippen molar-refractivity contribution < 1.29 is 13.2 Å². The predicted molar refractivity (Wildman–Crippen MR) is 98.5 cm³/mol. The minimum atomic E-state index is -4.39. The second-order valence-electron chi connectivity index (χ2n) is 5.32. The van der Waals surface area contributed by atoms with E-state index in [0.29, 0.717) is 32.1 Å². The summed E-state index contributed by atoms with van der Waals surface area (Å²) < 4.78 is 38.5. The summed E-state index contributed by atoms with van der Waals surface area (Å²) in [6.07, 6.45) is -1.39. The van der Waals surface area contributed by atoms with E-state index in [-0.39, 0.29) is 0 Å². The number of nitrogens with zero attached hydrogens (tertiary/aromatic N) is 2. The molecule has 8 heteroatoms. The van der Waals surface area contributed by atoms with Gasteiger partial charge in [-0.2, -0.15) is 13.2 Å². The Morgan fingerprint density at radius 1 is 0.885 bits per heavy atom. The highest BCUT2D eigenvalue weighted by atomic mass is 35.5. The number of benzene rings is 2. The Morgan fingerprint density at radius 3 is 2.12 bits per heavy atom. The van der Waals surface area contributed by atoms with Gasteiger partial charge in [-0.3, -0.25) is 0 Å². The summed E-state index contributed by atoms with van der Waals surface area (Å²) in [4.78, 5) is 8.41. The average molecular weight is 415 g/mol. The Kier molecular flexibility index (Phi) is 5.75. The molecule has 3 rings (SSSR count). The maximum Gasteiger partial charge on any atom is 0.416 e. The fraction of sp³-hybridized carbons (Fsp3) is 0.111. The predicted octanol–water partition coefficient (Wildman–Crippen LogP) is 6.76. The van der Waals surface area contributed by atoms with Crippen molar-refractivity contribution in [2.75, 3.05) is 0 Å². The molecule has 1 aromatic heterocycles. The Bertz CT molecular complexity index is 895. The molecule has 0 unspecified atom stereocenters. The van der Waals surface area contributed by atoms with Crippen LogP contribution in [0.3, 0.4) is 0 Å². The SMILES string of the molecule is FC(F)(F)c1cccc(-c2cnc(SCc3c(Cl)cccc3Cl)nc2)c1. The van der Waals surface area contributed by atoms with Gasteiger partial charge in [0.25, 0.3) is 0 Å². The van der Waals surface area contributed by atoms with Crippen molar-refractivity contribution in [2.45, 2.75) is 17.1 Å². The Morgan fingerprint density at radius 2 is 1.50 bits per heavy atom. The van der Waals surface area contributed by atoms with E-state index in [1.807, 2.05) is 0 Å². The first-order valence-electron chi connectivity index (χ1n) is 7.40. The van der Waals surface area contributed by atoms with E-state index < -0.39 is 11.7 Å². The third-order valence-electron chi connectivity index (χ3n) is 3.56. The van der Waals surface area contributed by atoms with Gasteiger partial charge in [0, 0.05) is 33.8 Å². The molecule has 0 atom stereocenters. The van der Waals surface area contributed by atoms with Crippen LogP contribution in [0.4, 0.5) is 13.2 Å². The van der Waals surface area contributed by atoms with E-state index >= 15 is 0 Å². The van der Waals surface area contributed by atoms with Crippen LogP contribution in [-0.2, 0) is 11.9 Å². The quantitative estimate of drug-likeness (QED) is 0.348. The topological polar surface area (TPSA) is 25.8 Å². The first-order chi connectivity index (χ1) is 12.3. The number of halogens is 5. The third-order valence-corrected chi connectivity index (χ3v) is 5.17. The molecule has 0 spiro atoms. The van der Waals surface area contributed by atoms with Crippen molar-refractivity contribution in [3.05, 3.63) is 76.0 Å². The van der Waals surface area contributed by atoms with Gasteiger partial charge in [0.05, 0.1) is 5.56 Å². The van der Waals surface area contributed by atoms with Crippen LogP contribution < -0.4 is 0 Å². The van der Waals surface area contributed by atoms with Gasteiger partial charge >= 0.3 is 6.18 Å². The van der Waals surface area contributed by atoms with E-state index in [1.165, 1.54) is 30.2 Å². The minimum Gasteiger partial charge on any atom is -0.230 e. The van der Waals surface area contributed by atoms with Crippen molar-refractivity contribution in [2.24, 2.45) is 0 Å². The van der Waals surface area contributed by atoms with Crippen molar-refractivity contribution >= 4 is 35.0 Å². The lowest BCUT2D eigenvalue weighted by Crippen LogP contribution is -2.04. The number of rotatable bonds is 4. The van der Waals surface area contributed by atoms with Gasteiger partial charge in [0.1, 0.15) is 0 Å². The lowest BCUT2D eigenvalue weighted by atomic mass is 10.1. The number of hydrogen-bond donors (Lipinski definition) is 0. The van der Waals surface area contributed by atoms with Crippen LogP contribution in [-0.4, -0.2) is 9.97 Å². The number of thioether (sulfide) groups is 1. The molecule has 2 nitrogen and oxygen atoms in total. The van der Waals surface area contributed by atoms with Crippen LogP contribution in [0.1, 0.15) is 11.1 Å². The van der Waals surface area contributed by atoms with E-state index in [9.17, 15) is 13.2 Å². The lowest BCUT2D eigenvalue weighted by molar-refractivity contribution is -0.137. The summed E-state index contributed by atoms with van der Waals surface area (Å²) in [6, 6.07) is 10.3. The summed E-state index contributed by atoms with van der Waals surface area (Å²) in [5.74, 6) is 0.488. The van der Waals surface area contributed by atoms with Gasteiger partial charge in [-0.1, -0.05) is 53.2 Å². The van der Waals surface area contributed by atoms with Gasteiger partial charge in [-0.15, -0.1) is 0 Å². The first kappa shape index (κ1) is 19.0. The number of alkyl halides is 3. The van der Waals surface area contributed by atoms with Gasteiger partial charge in [0.2, 0.25) is 0 Å². The van der Waals surface area contributed by atoms with Gasteiger partial charge in [0.15, 0.2) is 5.16 Å². The molecule has 134 valence electrons. The van der Waals surface area contributed by atoms with Gasteiger partial charge < -0.3 is 0 Å². The van der Waals surface area contributed by atoms with E-state index in [4.69, 9.17) is 23.2 Å².